The first-order valence-electron chi connectivity index (χ1n) is 11.2. The smallest absolute Gasteiger partial charge is 0.242 e. The number of aryl methyl sites for hydroxylation is 1. The average molecular weight is 414 g/mol. The minimum Gasteiger partial charge on any atom is -0.467 e. The van der Waals surface area contributed by atoms with Gasteiger partial charge in [-0.3, -0.25) is 9.59 Å². The summed E-state index contributed by atoms with van der Waals surface area (Å²) < 4.78 is 7.49. The number of nitrogens with zero attached hydrogens (tertiary/aromatic N) is 3. The Morgan fingerprint density at radius 1 is 1.10 bits per heavy atom. The van der Waals surface area contributed by atoms with E-state index in [1.54, 1.807) is 16.1 Å². The highest BCUT2D eigenvalue weighted by Crippen LogP contribution is 2.28. The zero-order chi connectivity index (χ0) is 21.3. The summed E-state index contributed by atoms with van der Waals surface area (Å²) in [4.78, 5) is 29.6. The molecule has 0 atom stereocenters. The molecule has 1 aliphatic rings. The normalized spacial score (nSPS) is 14.2. The van der Waals surface area contributed by atoms with Crippen molar-refractivity contribution in [3.05, 3.63) is 48.2 Å². The molecule has 1 aliphatic carbocycles. The van der Waals surface area contributed by atoms with Gasteiger partial charge in [-0.1, -0.05) is 32.6 Å². The Morgan fingerprint density at radius 3 is 2.53 bits per heavy atom. The molecular weight excluding hydrogens is 378 g/mol. The van der Waals surface area contributed by atoms with Crippen LogP contribution in [0.5, 0.6) is 0 Å². The van der Waals surface area contributed by atoms with E-state index in [-0.39, 0.29) is 18.4 Å². The van der Waals surface area contributed by atoms with Crippen LogP contribution in [0.1, 0.15) is 63.3 Å². The lowest BCUT2D eigenvalue weighted by Crippen LogP contribution is -2.43. The molecule has 0 spiro atoms. The number of hydrogen-bond donors (Lipinski definition) is 0. The molecule has 0 radical (unpaired) electrons. The quantitative estimate of drug-likeness (QED) is 0.550. The molecule has 0 saturated heterocycles. The fourth-order valence-corrected chi connectivity index (χ4v) is 4.29. The molecule has 6 heteroatoms. The number of rotatable bonds is 11. The van der Waals surface area contributed by atoms with Crippen molar-refractivity contribution in [1.29, 1.82) is 0 Å². The summed E-state index contributed by atoms with van der Waals surface area (Å²) in [5.41, 5.74) is 1.05. The monoisotopic (exact) mass is 413 g/mol. The summed E-state index contributed by atoms with van der Waals surface area (Å²) in [6.07, 6.45) is 11.0. The summed E-state index contributed by atoms with van der Waals surface area (Å²) in [7, 11) is 1.97. The average Bonchev–Trinajstić information content (AvgIpc) is 3.49. The van der Waals surface area contributed by atoms with Gasteiger partial charge in [0.2, 0.25) is 11.8 Å². The van der Waals surface area contributed by atoms with E-state index in [4.69, 9.17) is 4.42 Å². The molecule has 1 fully saturated rings. The van der Waals surface area contributed by atoms with Crippen molar-refractivity contribution in [1.82, 2.24) is 14.4 Å². The fourth-order valence-electron chi connectivity index (χ4n) is 4.29. The molecule has 0 aromatic carbocycles. The lowest BCUT2D eigenvalue weighted by molar-refractivity contribution is -0.141. The predicted octanol–water partition coefficient (Wildman–Crippen LogP) is 4.36. The van der Waals surface area contributed by atoms with Gasteiger partial charge in [-0.15, -0.1) is 0 Å². The first kappa shape index (κ1) is 22.2. The SMILES string of the molecule is CCCN(CC(=O)N(Cc1ccco1)Cc1cccn1C)C(=O)CCC1CCCC1. The van der Waals surface area contributed by atoms with Crippen LogP contribution in [-0.2, 0) is 29.7 Å². The van der Waals surface area contributed by atoms with Crippen LogP contribution < -0.4 is 0 Å². The Balaban J connectivity index is 1.64. The van der Waals surface area contributed by atoms with Crippen LogP contribution >= 0.6 is 0 Å². The third-order valence-corrected chi connectivity index (χ3v) is 6.10. The lowest BCUT2D eigenvalue weighted by atomic mass is 10.0. The Labute approximate surface area is 179 Å². The molecule has 1 saturated carbocycles. The van der Waals surface area contributed by atoms with Gasteiger partial charge >= 0.3 is 0 Å². The molecule has 2 aromatic rings. The molecule has 0 bridgehead atoms. The zero-order valence-corrected chi connectivity index (χ0v) is 18.4. The van der Waals surface area contributed by atoms with E-state index in [2.05, 4.69) is 0 Å². The summed E-state index contributed by atoms with van der Waals surface area (Å²) in [5, 5.41) is 0. The van der Waals surface area contributed by atoms with Crippen LogP contribution in [-0.4, -0.2) is 39.3 Å². The first-order valence-corrected chi connectivity index (χ1v) is 11.2. The number of hydrogen-bond acceptors (Lipinski definition) is 3. The van der Waals surface area contributed by atoms with Crippen molar-refractivity contribution in [3.63, 3.8) is 0 Å². The topological polar surface area (TPSA) is 58.7 Å². The second kappa shape index (κ2) is 11.0. The van der Waals surface area contributed by atoms with Gasteiger partial charge in [0.25, 0.3) is 0 Å². The number of aromatic nitrogens is 1. The molecule has 6 nitrogen and oxygen atoms in total. The Morgan fingerprint density at radius 2 is 1.90 bits per heavy atom. The van der Waals surface area contributed by atoms with Gasteiger partial charge in [-0.25, -0.2) is 0 Å². The maximum Gasteiger partial charge on any atom is 0.242 e. The van der Waals surface area contributed by atoms with Crippen LogP contribution in [0.3, 0.4) is 0 Å². The lowest BCUT2D eigenvalue weighted by Gasteiger charge is -2.27. The Kier molecular flexibility index (Phi) is 8.17. The molecule has 3 rings (SSSR count). The van der Waals surface area contributed by atoms with Gasteiger partial charge < -0.3 is 18.8 Å². The van der Waals surface area contributed by atoms with E-state index in [1.807, 2.05) is 49.0 Å². The minimum absolute atomic E-state index is 0.0460. The van der Waals surface area contributed by atoms with Gasteiger partial charge in [0.15, 0.2) is 0 Å². The summed E-state index contributed by atoms with van der Waals surface area (Å²) >= 11 is 0. The van der Waals surface area contributed by atoms with Crippen molar-refractivity contribution in [2.45, 2.75) is 65.0 Å². The highest BCUT2D eigenvalue weighted by atomic mass is 16.3. The van der Waals surface area contributed by atoms with Gasteiger partial charge in [-0.05, 0) is 43.0 Å². The molecule has 0 unspecified atom stereocenters. The van der Waals surface area contributed by atoms with E-state index in [9.17, 15) is 9.59 Å². The molecule has 0 N–H and O–H groups in total. The largest absolute Gasteiger partial charge is 0.467 e. The van der Waals surface area contributed by atoms with Crippen molar-refractivity contribution >= 4 is 11.8 Å². The molecule has 2 amide bonds. The predicted molar refractivity (Wildman–Crippen MR) is 116 cm³/mol. The van der Waals surface area contributed by atoms with Gasteiger partial charge in [0, 0.05) is 31.9 Å². The van der Waals surface area contributed by atoms with E-state index in [0.717, 1.165) is 24.3 Å². The summed E-state index contributed by atoms with van der Waals surface area (Å²) in [6, 6.07) is 7.69. The zero-order valence-electron chi connectivity index (χ0n) is 18.4. The van der Waals surface area contributed by atoms with Crippen LogP contribution in [0.25, 0.3) is 0 Å². The van der Waals surface area contributed by atoms with E-state index >= 15 is 0 Å². The van der Waals surface area contributed by atoms with Crippen LogP contribution in [0.2, 0.25) is 0 Å². The second-order valence-electron chi connectivity index (χ2n) is 8.44. The fraction of sp³-hybridized carbons (Fsp3) is 0.583. The molecule has 2 heterocycles. The molecule has 164 valence electrons. The van der Waals surface area contributed by atoms with Crippen molar-refractivity contribution in [2.24, 2.45) is 13.0 Å². The molecular formula is C24H35N3O3. The van der Waals surface area contributed by atoms with Gasteiger partial charge in [0.05, 0.1) is 25.9 Å². The van der Waals surface area contributed by atoms with Gasteiger partial charge in [0.1, 0.15) is 5.76 Å². The summed E-state index contributed by atoms with van der Waals surface area (Å²) in [6.45, 7) is 3.68. The number of amides is 2. The van der Waals surface area contributed by atoms with Crippen molar-refractivity contribution in [3.8, 4) is 0 Å². The third-order valence-electron chi connectivity index (χ3n) is 6.10. The molecule has 2 aromatic heterocycles. The van der Waals surface area contributed by atoms with E-state index < -0.39 is 0 Å². The highest BCUT2D eigenvalue weighted by Gasteiger charge is 2.24. The third kappa shape index (κ3) is 6.25. The Hall–Kier alpha value is -2.50. The second-order valence-corrected chi connectivity index (χ2v) is 8.44. The van der Waals surface area contributed by atoms with Crippen LogP contribution in [0.15, 0.2) is 41.1 Å². The standard InChI is InChI=1S/C24H35N3O3/c1-3-14-26(23(28)13-12-20-8-4-5-9-20)19-24(29)27(18-22-11-7-16-30-22)17-21-10-6-15-25(21)2/h6-7,10-11,15-16,20H,3-5,8-9,12-14,17-19H2,1-2H3. The van der Waals surface area contributed by atoms with E-state index in [1.165, 1.54) is 25.7 Å². The first-order chi connectivity index (χ1) is 14.6. The van der Waals surface area contributed by atoms with Crippen molar-refractivity contribution < 1.29 is 14.0 Å². The number of carbonyl (C=O) groups is 2. The summed E-state index contributed by atoms with van der Waals surface area (Å²) in [5.74, 6) is 1.48. The maximum absolute atomic E-state index is 13.2. The van der Waals surface area contributed by atoms with Gasteiger partial charge in [-0.2, -0.15) is 0 Å². The number of carbonyl (C=O) groups excluding carboxylic acids is 2. The number of furan rings is 1. The highest BCUT2D eigenvalue weighted by molar-refractivity contribution is 5.84. The van der Waals surface area contributed by atoms with E-state index in [0.29, 0.717) is 32.0 Å². The maximum atomic E-state index is 13.2. The Bertz CT molecular complexity index is 790. The van der Waals surface area contributed by atoms with Crippen LogP contribution in [0.4, 0.5) is 0 Å². The molecule has 30 heavy (non-hydrogen) atoms. The minimum atomic E-state index is -0.0460. The van der Waals surface area contributed by atoms with Crippen LogP contribution in [0, 0.1) is 5.92 Å². The molecule has 0 aliphatic heterocycles. The van der Waals surface area contributed by atoms with Crippen molar-refractivity contribution in [2.75, 3.05) is 13.1 Å².